The normalized spacial score (nSPS) is 22.9. The molecule has 8 heteroatoms. The fraction of sp³-hybridized carbons (Fsp3) is 0.600. The SMILES string of the molecule is COC1CCN(CCOc2ccc(S(N)(=O)=O)cc2)C(CN)C1. The van der Waals surface area contributed by atoms with Gasteiger partial charge in [0, 0.05) is 32.8 Å². The van der Waals surface area contributed by atoms with Gasteiger partial charge in [-0.15, -0.1) is 0 Å². The highest BCUT2D eigenvalue weighted by molar-refractivity contribution is 7.89. The number of benzene rings is 1. The number of hydrogen-bond acceptors (Lipinski definition) is 6. The van der Waals surface area contributed by atoms with Crippen LogP contribution in [0.1, 0.15) is 12.8 Å². The van der Waals surface area contributed by atoms with Crippen molar-refractivity contribution in [3.05, 3.63) is 24.3 Å². The van der Waals surface area contributed by atoms with E-state index < -0.39 is 10.0 Å². The first-order valence-electron chi connectivity index (χ1n) is 7.66. The third-order valence-corrected chi connectivity index (χ3v) is 5.12. The van der Waals surface area contributed by atoms with E-state index in [2.05, 4.69) is 4.90 Å². The van der Waals surface area contributed by atoms with Gasteiger partial charge in [0.05, 0.1) is 11.0 Å². The summed E-state index contributed by atoms with van der Waals surface area (Å²) in [5.41, 5.74) is 5.84. The topological polar surface area (TPSA) is 108 Å². The van der Waals surface area contributed by atoms with Gasteiger partial charge in [0.25, 0.3) is 0 Å². The number of primary sulfonamides is 1. The summed E-state index contributed by atoms with van der Waals surface area (Å²) in [6, 6.07) is 6.41. The molecule has 23 heavy (non-hydrogen) atoms. The molecular formula is C15H25N3O4S. The van der Waals surface area contributed by atoms with Crippen LogP contribution in [0.15, 0.2) is 29.2 Å². The lowest BCUT2D eigenvalue weighted by atomic mass is 9.99. The van der Waals surface area contributed by atoms with Crippen molar-refractivity contribution in [3.63, 3.8) is 0 Å². The number of nitrogens with two attached hydrogens (primary N) is 2. The number of rotatable bonds is 7. The molecule has 0 bridgehead atoms. The van der Waals surface area contributed by atoms with E-state index >= 15 is 0 Å². The molecule has 2 unspecified atom stereocenters. The largest absolute Gasteiger partial charge is 0.492 e. The molecule has 1 aliphatic rings. The van der Waals surface area contributed by atoms with Crippen LogP contribution in [0, 0.1) is 0 Å². The van der Waals surface area contributed by atoms with Gasteiger partial charge in [0.2, 0.25) is 10.0 Å². The van der Waals surface area contributed by atoms with Gasteiger partial charge in [0.15, 0.2) is 0 Å². The molecule has 4 N–H and O–H groups in total. The van der Waals surface area contributed by atoms with E-state index in [4.69, 9.17) is 20.3 Å². The van der Waals surface area contributed by atoms with Gasteiger partial charge < -0.3 is 15.2 Å². The lowest BCUT2D eigenvalue weighted by Gasteiger charge is -2.38. The molecule has 1 fully saturated rings. The average Bonchev–Trinajstić information content (AvgIpc) is 2.54. The lowest BCUT2D eigenvalue weighted by Crippen LogP contribution is -2.49. The molecule has 0 aliphatic carbocycles. The van der Waals surface area contributed by atoms with Crippen molar-refractivity contribution in [2.45, 2.75) is 29.9 Å². The molecule has 130 valence electrons. The summed E-state index contributed by atoms with van der Waals surface area (Å²) in [5.74, 6) is 0.619. The minimum atomic E-state index is -3.67. The quantitative estimate of drug-likeness (QED) is 0.730. The van der Waals surface area contributed by atoms with Crippen molar-refractivity contribution in [3.8, 4) is 5.75 Å². The fourth-order valence-electron chi connectivity index (χ4n) is 2.82. The highest BCUT2D eigenvalue weighted by Gasteiger charge is 2.27. The number of likely N-dealkylation sites (tertiary alicyclic amines) is 1. The van der Waals surface area contributed by atoms with Crippen molar-refractivity contribution in [1.82, 2.24) is 4.90 Å². The molecular weight excluding hydrogens is 318 g/mol. The zero-order valence-corrected chi connectivity index (χ0v) is 14.2. The second-order valence-electron chi connectivity index (χ2n) is 5.67. The Balaban J connectivity index is 1.82. The van der Waals surface area contributed by atoms with E-state index in [9.17, 15) is 8.42 Å². The maximum absolute atomic E-state index is 11.2. The summed E-state index contributed by atoms with van der Waals surface area (Å²) < 4.78 is 33.5. The number of piperidine rings is 1. The van der Waals surface area contributed by atoms with Gasteiger partial charge in [-0.05, 0) is 37.1 Å². The van der Waals surface area contributed by atoms with Crippen molar-refractivity contribution in [2.24, 2.45) is 10.9 Å². The molecule has 2 rings (SSSR count). The van der Waals surface area contributed by atoms with Crippen LogP contribution in [0.4, 0.5) is 0 Å². The first kappa shape index (κ1) is 18.2. The second kappa shape index (κ2) is 8.07. The Morgan fingerprint density at radius 1 is 1.30 bits per heavy atom. The predicted molar refractivity (Wildman–Crippen MR) is 87.8 cm³/mol. The zero-order valence-electron chi connectivity index (χ0n) is 13.3. The summed E-state index contributed by atoms with van der Waals surface area (Å²) in [4.78, 5) is 2.39. The predicted octanol–water partition coefficient (Wildman–Crippen LogP) is 0.151. The Morgan fingerprint density at radius 3 is 2.57 bits per heavy atom. The summed E-state index contributed by atoms with van der Waals surface area (Å²) in [6.45, 7) is 2.83. The molecule has 1 aliphatic heterocycles. The van der Waals surface area contributed by atoms with E-state index in [0.29, 0.717) is 24.9 Å². The van der Waals surface area contributed by atoms with E-state index in [0.717, 1.165) is 25.9 Å². The minimum absolute atomic E-state index is 0.0784. The van der Waals surface area contributed by atoms with Crippen molar-refractivity contribution >= 4 is 10.0 Å². The second-order valence-corrected chi connectivity index (χ2v) is 7.23. The standard InChI is InChI=1S/C15H25N3O4S/c1-21-14-6-7-18(12(10-14)11-16)8-9-22-13-2-4-15(5-3-13)23(17,19)20/h2-5,12,14H,6-11,16H2,1H3,(H2,17,19,20). The zero-order chi connectivity index (χ0) is 16.9. The summed E-state index contributed by atoms with van der Waals surface area (Å²) in [7, 11) is -1.93. The number of nitrogens with zero attached hydrogens (tertiary/aromatic N) is 1. The van der Waals surface area contributed by atoms with Gasteiger partial charge in [0.1, 0.15) is 12.4 Å². The third kappa shape index (κ3) is 5.15. The van der Waals surface area contributed by atoms with Crippen LogP contribution < -0.4 is 15.6 Å². The van der Waals surface area contributed by atoms with E-state index in [-0.39, 0.29) is 11.0 Å². The van der Waals surface area contributed by atoms with Crippen LogP contribution in [-0.4, -0.2) is 58.8 Å². The van der Waals surface area contributed by atoms with E-state index in [1.165, 1.54) is 12.1 Å². The lowest BCUT2D eigenvalue weighted by molar-refractivity contribution is 0.00923. The van der Waals surface area contributed by atoms with Crippen LogP contribution in [-0.2, 0) is 14.8 Å². The highest BCUT2D eigenvalue weighted by atomic mass is 32.2. The number of methoxy groups -OCH3 is 1. The smallest absolute Gasteiger partial charge is 0.238 e. The molecule has 0 radical (unpaired) electrons. The van der Waals surface area contributed by atoms with E-state index in [1.807, 2.05) is 0 Å². The molecule has 1 heterocycles. The Bertz CT molecular complexity index is 591. The van der Waals surface area contributed by atoms with Gasteiger partial charge in [-0.3, -0.25) is 4.90 Å². The Morgan fingerprint density at radius 2 is 2.00 bits per heavy atom. The molecule has 1 aromatic carbocycles. The Labute approximate surface area is 137 Å². The molecule has 1 saturated heterocycles. The summed E-state index contributed by atoms with van der Waals surface area (Å²) >= 11 is 0. The molecule has 0 aromatic heterocycles. The fourth-order valence-corrected chi connectivity index (χ4v) is 3.34. The number of hydrogen-bond donors (Lipinski definition) is 2. The number of sulfonamides is 1. The third-order valence-electron chi connectivity index (χ3n) is 4.19. The first-order chi connectivity index (χ1) is 10.9. The maximum Gasteiger partial charge on any atom is 0.238 e. The van der Waals surface area contributed by atoms with Crippen LogP contribution in [0.25, 0.3) is 0 Å². The monoisotopic (exact) mass is 343 g/mol. The average molecular weight is 343 g/mol. The van der Waals surface area contributed by atoms with Crippen LogP contribution in [0.3, 0.4) is 0 Å². The Kier molecular flexibility index (Phi) is 6.37. The summed E-state index contributed by atoms with van der Waals surface area (Å²) in [5, 5.41) is 5.06. The maximum atomic E-state index is 11.2. The van der Waals surface area contributed by atoms with Crippen LogP contribution in [0.5, 0.6) is 5.75 Å². The summed E-state index contributed by atoms with van der Waals surface area (Å²) in [6.07, 6.45) is 2.22. The first-order valence-corrected chi connectivity index (χ1v) is 9.21. The van der Waals surface area contributed by atoms with Crippen molar-refractivity contribution < 1.29 is 17.9 Å². The van der Waals surface area contributed by atoms with Gasteiger partial charge in [-0.1, -0.05) is 0 Å². The highest BCUT2D eigenvalue weighted by Crippen LogP contribution is 2.19. The van der Waals surface area contributed by atoms with E-state index in [1.54, 1.807) is 19.2 Å². The molecule has 0 spiro atoms. The molecule has 7 nitrogen and oxygen atoms in total. The van der Waals surface area contributed by atoms with Gasteiger partial charge in [-0.25, -0.2) is 13.6 Å². The van der Waals surface area contributed by atoms with Gasteiger partial charge in [-0.2, -0.15) is 0 Å². The molecule has 1 aromatic rings. The van der Waals surface area contributed by atoms with Gasteiger partial charge >= 0.3 is 0 Å². The van der Waals surface area contributed by atoms with Crippen LogP contribution in [0.2, 0.25) is 0 Å². The van der Waals surface area contributed by atoms with Crippen molar-refractivity contribution in [2.75, 3.05) is 33.4 Å². The minimum Gasteiger partial charge on any atom is -0.492 e. The Hall–Kier alpha value is -1.19. The molecule has 2 atom stereocenters. The van der Waals surface area contributed by atoms with Crippen molar-refractivity contribution in [1.29, 1.82) is 0 Å². The number of ether oxygens (including phenoxy) is 2. The van der Waals surface area contributed by atoms with Crippen LogP contribution >= 0.6 is 0 Å². The molecule has 0 saturated carbocycles. The molecule has 0 amide bonds.